The van der Waals surface area contributed by atoms with Gasteiger partial charge in [-0.05, 0) is 25.7 Å². The lowest BCUT2D eigenvalue weighted by Crippen LogP contribution is -2.47. The van der Waals surface area contributed by atoms with Crippen molar-refractivity contribution in [3.63, 3.8) is 0 Å². The van der Waals surface area contributed by atoms with E-state index in [2.05, 4.69) is 5.32 Å². The summed E-state index contributed by atoms with van der Waals surface area (Å²) in [5.41, 5.74) is 0. The molecule has 0 aromatic rings. The number of ether oxygens (including phenoxy) is 1. The Labute approximate surface area is 93.8 Å². The Morgan fingerprint density at radius 1 is 1.53 bits per heavy atom. The van der Waals surface area contributed by atoms with Crippen molar-refractivity contribution in [1.29, 1.82) is 0 Å². The number of carbonyl (C=O) groups is 1. The third-order valence-electron chi connectivity index (χ3n) is 3.34. The molecule has 2 rings (SSSR count). The summed E-state index contributed by atoms with van der Waals surface area (Å²) in [6.45, 7) is 0. The number of aliphatic carboxylic acids is 1. The molecule has 1 aliphatic carbocycles. The molecule has 0 bridgehead atoms. The van der Waals surface area contributed by atoms with Gasteiger partial charge in [0.2, 0.25) is 0 Å². The predicted octanol–water partition coefficient (Wildman–Crippen LogP) is 1.06. The standard InChI is InChI=1S/C10H17NO3S/c1-14-7-2-4-10(5-3-7)11-8(6-15-10)9(12)13/h7-8,11H,2-6H2,1H3,(H,12,13)/t7?,8-,10?/m0/s1. The SMILES string of the molecule is COC1CCC2(CC1)N[C@H](C(=O)O)CS2. The Morgan fingerprint density at radius 3 is 2.67 bits per heavy atom. The van der Waals surface area contributed by atoms with E-state index in [-0.39, 0.29) is 10.9 Å². The number of hydrogen-bond donors (Lipinski definition) is 2. The first-order valence-corrected chi connectivity index (χ1v) is 6.31. The molecule has 2 fully saturated rings. The molecule has 2 aliphatic rings. The zero-order valence-electron chi connectivity index (χ0n) is 8.86. The molecule has 5 heteroatoms. The quantitative estimate of drug-likeness (QED) is 0.744. The first-order chi connectivity index (χ1) is 7.15. The first-order valence-electron chi connectivity index (χ1n) is 5.32. The van der Waals surface area contributed by atoms with Crippen molar-refractivity contribution in [2.45, 2.75) is 42.7 Å². The van der Waals surface area contributed by atoms with Crippen LogP contribution in [0.15, 0.2) is 0 Å². The zero-order valence-corrected chi connectivity index (χ0v) is 9.68. The van der Waals surface area contributed by atoms with Crippen LogP contribution in [-0.2, 0) is 9.53 Å². The number of hydrogen-bond acceptors (Lipinski definition) is 4. The molecule has 1 heterocycles. The fraction of sp³-hybridized carbons (Fsp3) is 0.900. The first kappa shape index (κ1) is 11.2. The molecule has 15 heavy (non-hydrogen) atoms. The second-order valence-electron chi connectivity index (χ2n) is 4.28. The van der Waals surface area contributed by atoms with E-state index in [0.29, 0.717) is 11.9 Å². The minimum atomic E-state index is -0.728. The minimum Gasteiger partial charge on any atom is -0.480 e. The van der Waals surface area contributed by atoms with E-state index < -0.39 is 5.97 Å². The largest absolute Gasteiger partial charge is 0.480 e. The van der Waals surface area contributed by atoms with Gasteiger partial charge in [0.1, 0.15) is 6.04 Å². The van der Waals surface area contributed by atoms with Crippen molar-refractivity contribution in [3.8, 4) is 0 Å². The molecule has 86 valence electrons. The molecule has 1 saturated carbocycles. The summed E-state index contributed by atoms with van der Waals surface area (Å²) in [6.07, 6.45) is 4.45. The summed E-state index contributed by atoms with van der Waals surface area (Å²) < 4.78 is 5.31. The van der Waals surface area contributed by atoms with Crippen LogP contribution < -0.4 is 5.32 Å². The third kappa shape index (κ3) is 2.29. The van der Waals surface area contributed by atoms with Crippen LogP contribution in [-0.4, -0.2) is 41.0 Å². The third-order valence-corrected chi connectivity index (χ3v) is 4.91. The number of rotatable bonds is 2. The van der Waals surface area contributed by atoms with E-state index in [1.165, 1.54) is 0 Å². The smallest absolute Gasteiger partial charge is 0.321 e. The van der Waals surface area contributed by atoms with E-state index in [1.54, 1.807) is 18.9 Å². The number of carboxylic acids is 1. The monoisotopic (exact) mass is 231 g/mol. The maximum Gasteiger partial charge on any atom is 0.321 e. The van der Waals surface area contributed by atoms with Crippen LogP contribution in [0.3, 0.4) is 0 Å². The second-order valence-corrected chi connectivity index (χ2v) is 5.68. The summed E-state index contributed by atoms with van der Waals surface area (Å²) in [4.78, 5) is 10.9. The fourth-order valence-electron chi connectivity index (χ4n) is 2.36. The summed E-state index contributed by atoms with van der Waals surface area (Å²) in [6, 6.07) is -0.367. The summed E-state index contributed by atoms with van der Waals surface area (Å²) in [5, 5.41) is 12.2. The van der Waals surface area contributed by atoms with Gasteiger partial charge in [0, 0.05) is 12.9 Å². The van der Waals surface area contributed by atoms with E-state index in [0.717, 1.165) is 25.7 Å². The zero-order chi connectivity index (χ0) is 10.9. The van der Waals surface area contributed by atoms with Crippen molar-refractivity contribution in [2.24, 2.45) is 0 Å². The van der Waals surface area contributed by atoms with Gasteiger partial charge in [-0.1, -0.05) is 0 Å². The number of carboxylic acid groups (broad SMARTS) is 1. The van der Waals surface area contributed by atoms with Crippen molar-refractivity contribution in [2.75, 3.05) is 12.9 Å². The molecular formula is C10H17NO3S. The molecule has 2 N–H and O–H groups in total. The molecule has 0 aromatic heterocycles. The molecule has 0 aromatic carbocycles. The van der Waals surface area contributed by atoms with Crippen molar-refractivity contribution in [1.82, 2.24) is 5.32 Å². The minimum absolute atomic E-state index is 0.0120. The lowest BCUT2D eigenvalue weighted by atomic mass is 9.92. The second kappa shape index (κ2) is 4.31. The van der Waals surface area contributed by atoms with Gasteiger partial charge in [-0.25, -0.2) is 0 Å². The van der Waals surface area contributed by atoms with E-state index >= 15 is 0 Å². The van der Waals surface area contributed by atoms with E-state index in [4.69, 9.17) is 9.84 Å². The van der Waals surface area contributed by atoms with E-state index in [9.17, 15) is 4.79 Å². The number of nitrogens with one attached hydrogen (secondary N) is 1. The predicted molar refractivity (Wildman–Crippen MR) is 59.0 cm³/mol. The van der Waals surface area contributed by atoms with Gasteiger partial charge in [-0.15, -0.1) is 11.8 Å². The average Bonchev–Trinajstić information content (AvgIpc) is 2.64. The highest BCUT2D eigenvalue weighted by molar-refractivity contribution is 8.00. The molecule has 1 saturated heterocycles. The summed E-state index contributed by atoms with van der Waals surface area (Å²) in [7, 11) is 1.75. The van der Waals surface area contributed by atoms with Gasteiger partial charge in [0.25, 0.3) is 0 Å². The van der Waals surface area contributed by atoms with Gasteiger partial charge in [-0.2, -0.15) is 0 Å². The van der Waals surface area contributed by atoms with Crippen LogP contribution in [0.2, 0.25) is 0 Å². The Morgan fingerprint density at radius 2 is 2.20 bits per heavy atom. The molecule has 1 atom stereocenters. The van der Waals surface area contributed by atoms with Crippen molar-refractivity contribution >= 4 is 17.7 Å². The lowest BCUT2D eigenvalue weighted by Gasteiger charge is -2.36. The molecule has 0 unspecified atom stereocenters. The lowest BCUT2D eigenvalue weighted by molar-refractivity contribution is -0.139. The highest BCUT2D eigenvalue weighted by atomic mass is 32.2. The van der Waals surface area contributed by atoms with Crippen LogP contribution in [0, 0.1) is 0 Å². The van der Waals surface area contributed by atoms with Gasteiger partial charge in [0.15, 0.2) is 0 Å². The Hall–Kier alpha value is -0.260. The van der Waals surface area contributed by atoms with Crippen LogP contribution in [0.1, 0.15) is 25.7 Å². The van der Waals surface area contributed by atoms with Crippen LogP contribution in [0.25, 0.3) is 0 Å². The van der Waals surface area contributed by atoms with Crippen molar-refractivity contribution < 1.29 is 14.6 Å². The Bertz CT molecular complexity index is 251. The molecule has 1 aliphatic heterocycles. The van der Waals surface area contributed by atoms with Crippen molar-refractivity contribution in [3.05, 3.63) is 0 Å². The fourth-order valence-corrected chi connectivity index (χ4v) is 3.82. The van der Waals surface area contributed by atoms with Gasteiger partial charge >= 0.3 is 5.97 Å². The van der Waals surface area contributed by atoms with Crippen LogP contribution in [0.5, 0.6) is 0 Å². The van der Waals surface area contributed by atoms with Gasteiger partial charge in [-0.3, -0.25) is 10.1 Å². The van der Waals surface area contributed by atoms with Gasteiger partial charge in [0.05, 0.1) is 11.0 Å². The van der Waals surface area contributed by atoms with Crippen LogP contribution in [0.4, 0.5) is 0 Å². The van der Waals surface area contributed by atoms with E-state index in [1.807, 2.05) is 0 Å². The molecule has 0 radical (unpaired) electrons. The summed E-state index contributed by atoms with van der Waals surface area (Å²) >= 11 is 1.77. The average molecular weight is 231 g/mol. The van der Waals surface area contributed by atoms with Gasteiger partial charge < -0.3 is 9.84 Å². The Kier molecular flexibility index (Phi) is 3.23. The van der Waals surface area contributed by atoms with Crippen LogP contribution >= 0.6 is 11.8 Å². The maximum atomic E-state index is 10.8. The molecular weight excluding hydrogens is 214 g/mol. The summed E-state index contributed by atoms with van der Waals surface area (Å²) in [5.74, 6) is -0.0410. The molecule has 0 amide bonds. The normalized spacial score (nSPS) is 40.9. The number of thioether (sulfide) groups is 1. The topological polar surface area (TPSA) is 58.6 Å². The molecule has 4 nitrogen and oxygen atoms in total. The number of methoxy groups -OCH3 is 1. The highest BCUT2D eigenvalue weighted by Crippen LogP contribution is 2.42. The molecule has 1 spiro atoms. The Balaban J connectivity index is 1.92. The maximum absolute atomic E-state index is 10.8. The highest BCUT2D eigenvalue weighted by Gasteiger charge is 2.44.